The van der Waals surface area contributed by atoms with Crippen molar-refractivity contribution in [2.45, 2.75) is 13.3 Å². The van der Waals surface area contributed by atoms with E-state index in [0.717, 1.165) is 6.42 Å². The third-order valence-corrected chi connectivity index (χ3v) is 0.747. The molecule has 0 aromatic heterocycles. The molecule has 0 rings (SSSR count). The van der Waals surface area contributed by atoms with E-state index in [1.54, 1.807) is 5.01 Å². The van der Waals surface area contributed by atoms with Gasteiger partial charge in [0, 0.05) is 0 Å². The second kappa shape index (κ2) is 5.99. The second-order valence-electron chi connectivity index (χ2n) is 1.14. The van der Waals surface area contributed by atoms with Crippen LogP contribution in [0.1, 0.15) is 13.3 Å². The molecular formula is C6H9Co. The molecule has 0 bridgehead atoms. The topological polar surface area (TPSA) is 0 Å². The van der Waals surface area contributed by atoms with E-state index >= 15 is 0 Å². The Balaban J connectivity index is 3.09. The van der Waals surface area contributed by atoms with E-state index in [-0.39, 0.29) is 0 Å². The summed E-state index contributed by atoms with van der Waals surface area (Å²) in [6.45, 7) is 2.10. The summed E-state index contributed by atoms with van der Waals surface area (Å²) in [4.78, 5) is 0. The van der Waals surface area contributed by atoms with E-state index in [2.05, 4.69) is 28.7 Å². The van der Waals surface area contributed by atoms with Crippen LogP contribution in [0.3, 0.4) is 0 Å². The number of allylic oxidation sites excluding steroid dienone is 3. The van der Waals surface area contributed by atoms with Crippen LogP contribution in [-0.4, -0.2) is 0 Å². The normalized spacial score (nSPS) is 11.9. The summed E-state index contributed by atoms with van der Waals surface area (Å²) < 4.78 is 0. The Morgan fingerprint density at radius 3 is 2.57 bits per heavy atom. The van der Waals surface area contributed by atoms with Gasteiger partial charge in [0.25, 0.3) is 0 Å². The molecule has 0 aromatic carbocycles. The van der Waals surface area contributed by atoms with Crippen molar-refractivity contribution in [3.05, 3.63) is 23.2 Å². The monoisotopic (exact) mass is 140 g/mol. The second-order valence-corrected chi connectivity index (χ2v) is 1.49. The van der Waals surface area contributed by atoms with Gasteiger partial charge >= 0.3 is 52.3 Å². The van der Waals surface area contributed by atoms with Crippen molar-refractivity contribution in [3.63, 3.8) is 0 Å². The molecule has 0 aliphatic rings. The van der Waals surface area contributed by atoms with Crippen molar-refractivity contribution in [2.24, 2.45) is 0 Å². The summed E-state index contributed by atoms with van der Waals surface area (Å²) in [5.41, 5.74) is 0. The molecule has 0 aliphatic heterocycles. The molecule has 42 valence electrons. The van der Waals surface area contributed by atoms with Crippen molar-refractivity contribution >= 4 is 0 Å². The van der Waals surface area contributed by atoms with Crippen molar-refractivity contribution in [1.29, 1.82) is 0 Å². The third-order valence-electron chi connectivity index (χ3n) is 0.547. The van der Waals surface area contributed by atoms with Gasteiger partial charge in [-0.2, -0.15) is 0 Å². The summed E-state index contributed by atoms with van der Waals surface area (Å²) in [5.74, 6) is 0. The van der Waals surface area contributed by atoms with E-state index in [0.29, 0.717) is 0 Å². The maximum absolute atomic E-state index is 3.90. The Kier molecular flexibility index (Phi) is 5.97. The van der Waals surface area contributed by atoms with Crippen LogP contribution in [0, 0.1) is 0 Å². The molecule has 0 saturated heterocycles. The molecule has 1 heteroatoms. The van der Waals surface area contributed by atoms with Gasteiger partial charge in [0.2, 0.25) is 0 Å². The van der Waals surface area contributed by atoms with Crippen molar-refractivity contribution in [3.8, 4) is 0 Å². The van der Waals surface area contributed by atoms with Crippen LogP contribution in [-0.2, 0) is 15.7 Å². The molecule has 0 saturated carbocycles. The maximum atomic E-state index is 3.90. The van der Waals surface area contributed by atoms with Crippen LogP contribution >= 0.6 is 0 Å². The first-order valence-corrected chi connectivity index (χ1v) is 2.91. The molecule has 0 unspecified atom stereocenters. The molecular weight excluding hydrogens is 131 g/mol. The number of rotatable bonds is 2. The minimum absolute atomic E-state index is 1.09. The Hall–Kier alpha value is -0.0135. The molecule has 0 N–H and O–H groups in total. The number of hydrogen-bond acceptors (Lipinski definition) is 0. The molecule has 0 fully saturated rings. The fraction of sp³-hybridized carbons (Fsp3) is 0.333. The van der Waals surface area contributed by atoms with E-state index in [4.69, 9.17) is 0 Å². The SMILES string of the molecule is CCC=CC=[CH][Co]. The molecule has 0 radical (unpaired) electrons. The zero-order valence-corrected chi connectivity index (χ0v) is 5.39. The first-order chi connectivity index (χ1) is 3.41. The van der Waals surface area contributed by atoms with Crippen LogP contribution in [0.2, 0.25) is 0 Å². The zero-order chi connectivity index (χ0) is 5.54. The van der Waals surface area contributed by atoms with Gasteiger partial charge in [-0.15, -0.1) is 0 Å². The predicted molar refractivity (Wildman–Crippen MR) is 28.6 cm³/mol. The van der Waals surface area contributed by atoms with E-state index < -0.39 is 0 Å². The van der Waals surface area contributed by atoms with Crippen LogP contribution in [0.25, 0.3) is 0 Å². The van der Waals surface area contributed by atoms with Crippen molar-refractivity contribution in [2.75, 3.05) is 0 Å². The average Bonchev–Trinajstić information content (AvgIpc) is 1.69. The van der Waals surface area contributed by atoms with Gasteiger partial charge in [-0.25, -0.2) is 0 Å². The predicted octanol–water partition coefficient (Wildman–Crippen LogP) is 2.01. The quantitative estimate of drug-likeness (QED) is 0.514. The van der Waals surface area contributed by atoms with Gasteiger partial charge in [0.1, 0.15) is 0 Å². The Labute approximate surface area is 52.9 Å². The van der Waals surface area contributed by atoms with Crippen molar-refractivity contribution in [1.82, 2.24) is 0 Å². The fourth-order valence-electron chi connectivity index (χ4n) is 0.252. The van der Waals surface area contributed by atoms with Gasteiger partial charge in [-0.05, 0) is 0 Å². The first-order valence-electron chi connectivity index (χ1n) is 2.31. The molecule has 0 nitrogen and oxygen atoms in total. The molecule has 0 atom stereocenters. The van der Waals surface area contributed by atoms with Gasteiger partial charge in [0.15, 0.2) is 0 Å². The van der Waals surface area contributed by atoms with Gasteiger partial charge in [-0.1, -0.05) is 0 Å². The van der Waals surface area contributed by atoms with Gasteiger partial charge in [0.05, 0.1) is 0 Å². The average molecular weight is 140 g/mol. The minimum atomic E-state index is 1.09. The van der Waals surface area contributed by atoms with Crippen molar-refractivity contribution < 1.29 is 15.7 Å². The molecule has 0 aromatic rings. The van der Waals surface area contributed by atoms with Crippen LogP contribution < -0.4 is 0 Å². The summed E-state index contributed by atoms with van der Waals surface area (Å²) in [6, 6.07) is 0. The Morgan fingerprint density at radius 1 is 1.43 bits per heavy atom. The van der Waals surface area contributed by atoms with E-state index in [1.165, 1.54) is 0 Å². The fourth-order valence-corrected chi connectivity index (χ4v) is 0.367. The van der Waals surface area contributed by atoms with E-state index in [1.807, 2.05) is 12.2 Å². The Bertz CT molecular complexity index is 72.2. The van der Waals surface area contributed by atoms with Gasteiger partial charge in [-0.3, -0.25) is 0 Å². The third kappa shape index (κ3) is 5.99. The molecule has 0 heterocycles. The van der Waals surface area contributed by atoms with Crippen LogP contribution in [0.4, 0.5) is 0 Å². The molecule has 0 spiro atoms. The standard InChI is InChI=1S/C6H9.Co/c1-3-5-6-4-2;/h1,3,5-6H,4H2,2H3;. The van der Waals surface area contributed by atoms with E-state index in [9.17, 15) is 0 Å². The zero-order valence-electron chi connectivity index (χ0n) is 4.35. The summed E-state index contributed by atoms with van der Waals surface area (Å²) in [6.07, 6.45) is 7.04. The van der Waals surface area contributed by atoms with Crippen LogP contribution in [0.15, 0.2) is 23.2 Å². The summed E-state index contributed by atoms with van der Waals surface area (Å²) in [5, 5.41) is 1.71. The molecule has 0 amide bonds. The summed E-state index contributed by atoms with van der Waals surface area (Å²) in [7, 11) is 0. The molecule has 0 aliphatic carbocycles. The molecule has 7 heavy (non-hydrogen) atoms. The summed E-state index contributed by atoms with van der Waals surface area (Å²) >= 11 is 3.90. The first kappa shape index (κ1) is 6.99. The van der Waals surface area contributed by atoms with Gasteiger partial charge < -0.3 is 0 Å². The Morgan fingerprint density at radius 2 is 2.14 bits per heavy atom. The number of hydrogen-bond donors (Lipinski definition) is 0. The van der Waals surface area contributed by atoms with Crippen LogP contribution in [0.5, 0.6) is 0 Å².